The lowest BCUT2D eigenvalue weighted by Crippen LogP contribution is -2.07. The fourth-order valence-corrected chi connectivity index (χ4v) is 2.06. The zero-order valence-electron chi connectivity index (χ0n) is 7.40. The topological polar surface area (TPSA) is 39.2 Å². The largest absolute Gasteiger partial charge is 0.466 e. The Morgan fingerprint density at radius 1 is 1.85 bits per heavy atom. The third kappa shape index (κ3) is 1.72. The summed E-state index contributed by atoms with van der Waals surface area (Å²) in [6, 6.07) is 0. The van der Waals surface area contributed by atoms with Crippen LogP contribution < -0.4 is 0 Å². The molecule has 2 rings (SSSR count). The summed E-state index contributed by atoms with van der Waals surface area (Å²) < 4.78 is 4.93. The van der Waals surface area contributed by atoms with Gasteiger partial charge in [0.05, 0.1) is 23.7 Å². The van der Waals surface area contributed by atoms with E-state index in [0.29, 0.717) is 12.5 Å². The van der Waals surface area contributed by atoms with E-state index in [1.807, 2.05) is 12.3 Å². The van der Waals surface area contributed by atoms with Gasteiger partial charge in [0.25, 0.3) is 0 Å². The average molecular weight is 197 g/mol. The molecule has 0 N–H and O–H groups in total. The number of thiazole rings is 1. The Hall–Kier alpha value is -0.900. The number of rotatable bonds is 3. The van der Waals surface area contributed by atoms with Crippen molar-refractivity contribution in [2.75, 3.05) is 6.61 Å². The molecule has 1 aliphatic carbocycles. The number of aromatic nitrogens is 1. The molecule has 0 spiro atoms. The van der Waals surface area contributed by atoms with Gasteiger partial charge < -0.3 is 4.74 Å². The van der Waals surface area contributed by atoms with Crippen LogP contribution in [0.15, 0.2) is 10.9 Å². The van der Waals surface area contributed by atoms with Crippen LogP contribution in [-0.4, -0.2) is 17.6 Å². The van der Waals surface area contributed by atoms with Crippen LogP contribution in [0.5, 0.6) is 0 Å². The van der Waals surface area contributed by atoms with Crippen LogP contribution in [0.2, 0.25) is 0 Å². The normalized spacial score (nSPS) is 25.6. The Kier molecular flexibility index (Phi) is 2.31. The molecule has 1 fully saturated rings. The Morgan fingerprint density at radius 2 is 2.69 bits per heavy atom. The molecule has 1 aromatic heterocycles. The summed E-state index contributed by atoms with van der Waals surface area (Å²) in [4.78, 5) is 15.4. The first-order chi connectivity index (χ1) is 6.33. The summed E-state index contributed by atoms with van der Waals surface area (Å²) in [6.07, 6.45) is 0.905. The van der Waals surface area contributed by atoms with E-state index in [2.05, 4.69) is 4.98 Å². The van der Waals surface area contributed by atoms with Crippen LogP contribution in [0, 0.1) is 5.92 Å². The lowest BCUT2D eigenvalue weighted by molar-refractivity contribution is -0.144. The third-order valence-electron chi connectivity index (χ3n) is 2.21. The van der Waals surface area contributed by atoms with E-state index < -0.39 is 0 Å². The van der Waals surface area contributed by atoms with E-state index in [9.17, 15) is 4.79 Å². The number of hydrogen-bond acceptors (Lipinski definition) is 4. The fourth-order valence-electron chi connectivity index (χ4n) is 1.44. The number of nitrogens with zero attached hydrogens (tertiary/aromatic N) is 1. The summed E-state index contributed by atoms with van der Waals surface area (Å²) in [7, 11) is 0. The minimum atomic E-state index is -0.0690. The average Bonchev–Trinajstić information content (AvgIpc) is 2.74. The highest BCUT2D eigenvalue weighted by molar-refractivity contribution is 7.07. The lowest BCUT2D eigenvalue weighted by Gasteiger charge is -1.98. The predicted molar refractivity (Wildman–Crippen MR) is 49.6 cm³/mol. The second-order valence-corrected chi connectivity index (χ2v) is 3.83. The summed E-state index contributed by atoms with van der Waals surface area (Å²) in [5.41, 5.74) is 2.85. The number of hydrogen-bond donors (Lipinski definition) is 0. The highest BCUT2D eigenvalue weighted by Crippen LogP contribution is 2.47. The van der Waals surface area contributed by atoms with Gasteiger partial charge in [-0.25, -0.2) is 4.98 Å². The van der Waals surface area contributed by atoms with E-state index in [1.165, 1.54) is 0 Å². The zero-order valence-corrected chi connectivity index (χ0v) is 8.21. The molecule has 2 atom stereocenters. The second kappa shape index (κ2) is 3.46. The summed E-state index contributed by atoms with van der Waals surface area (Å²) in [5, 5.41) is 2.00. The van der Waals surface area contributed by atoms with Gasteiger partial charge in [0.15, 0.2) is 0 Å². The molecule has 0 amide bonds. The minimum absolute atomic E-state index is 0.0690. The van der Waals surface area contributed by atoms with Crippen LogP contribution in [0.1, 0.15) is 25.0 Å². The Labute approximate surface area is 80.8 Å². The van der Waals surface area contributed by atoms with Gasteiger partial charge >= 0.3 is 5.97 Å². The van der Waals surface area contributed by atoms with Crippen molar-refractivity contribution >= 4 is 17.3 Å². The number of carbonyl (C=O) groups excluding carboxylic acids is 1. The molecule has 13 heavy (non-hydrogen) atoms. The van der Waals surface area contributed by atoms with E-state index in [-0.39, 0.29) is 11.9 Å². The molecule has 3 nitrogen and oxygen atoms in total. The SMILES string of the molecule is CCOC(=O)C1CC1c1cscn1. The highest BCUT2D eigenvalue weighted by atomic mass is 32.1. The maximum atomic E-state index is 11.3. The van der Waals surface area contributed by atoms with Crippen molar-refractivity contribution < 1.29 is 9.53 Å². The van der Waals surface area contributed by atoms with Gasteiger partial charge in [0.1, 0.15) is 0 Å². The van der Waals surface area contributed by atoms with Crippen molar-refractivity contribution in [3.05, 3.63) is 16.6 Å². The van der Waals surface area contributed by atoms with Crippen molar-refractivity contribution in [3.8, 4) is 0 Å². The molecule has 1 heterocycles. The maximum absolute atomic E-state index is 11.3. The van der Waals surface area contributed by atoms with Gasteiger partial charge in [0, 0.05) is 11.3 Å². The smallest absolute Gasteiger partial charge is 0.309 e. The van der Waals surface area contributed by atoms with E-state index in [1.54, 1.807) is 16.8 Å². The highest BCUT2D eigenvalue weighted by Gasteiger charge is 2.46. The first kappa shape index (κ1) is 8.69. The molecule has 2 unspecified atom stereocenters. The summed E-state index contributed by atoms with van der Waals surface area (Å²) in [5.74, 6) is 0.327. The van der Waals surface area contributed by atoms with Gasteiger partial charge in [-0.2, -0.15) is 0 Å². The van der Waals surface area contributed by atoms with Crippen molar-refractivity contribution in [2.45, 2.75) is 19.3 Å². The third-order valence-corrected chi connectivity index (χ3v) is 2.82. The van der Waals surface area contributed by atoms with Gasteiger partial charge in [0.2, 0.25) is 0 Å². The van der Waals surface area contributed by atoms with Gasteiger partial charge in [-0.05, 0) is 13.3 Å². The molecule has 1 aliphatic rings. The van der Waals surface area contributed by atoms with E-state index in [4.69, 9.17) is 4.74 Å². The lowest BCUT2D eigenvalue weighted by atomic mass is 10.2. The monoisotopic (exact) mass is 197 g/mol. The number of ether oxygens (including phenoxy) is 1. The molecular formula is C9H11NO2S. The van der Waals surface area contributed by atoms with Gasteiger partial charge in [-0.15, -0.1) is 11.3 Å². The molecule has 70 valence electrons. The van der Waals surface area contributed by atoms with Gasteiger partial charge in [-0.3, -0.25) is 4.79 Å². The van der Waals surface area contributed by atoms with Crippen LogP contribution in [0.4, 0.5) is 0 Å². The molecule has 0 radical (unpaired) electrons. The second-order valence-electron chi connectivity index (χ2n) is 3.11. The van der Waals surface area contributed by atoms with Crippen molar-refractivity contribution in [1.82, 2.24) is 4.98 Å². The quantitative estimate of drug-likeness (QED) is 0.694. The van der Waals surface area contributed by atoms with Crippen molar-refractivity contribution in [3.63, 3.8) is 0 Å². The zero-order chi connectivity index (χ0) is 9.26. The standard InChI is InChI=1S/C9H11NO2S/c1-2-12-9(11)7-3-6(7)8-4-13-5-10-8/h4-7H,2-3H2,1H3. The van der Waals surface area contributed by atoms with Crippen LogP contribution >= 0.6 is 11.3 Å². The minimum Gasteiger partial charge on any atom is -0.466 e. The maximum Gasteiger partial charge on any atom is 0.309 e. The molecule has 0 aliphatic heterocycles. The van der Waals surface area contributed by atoms with Crippen molar-refractivity contribution in [2.24, 2.45) is 5.92 Å². The Balaban J connectivity index is 1.92. The summed E-state index contributed by atoms with van der Waals surface area (Å²) >= 11 is 1.57. The van der Waals surface area contributed by atoms with Gasteiger partial charge in [-0.1, -0.05) is 0 Å². The molecule has 1 aromatic rings. The van der Waals surface area contributed by atoms with Crippen molar-refractivity contribution in [1.29, 1.82) is 0 Å². The summed E-state index contributed by atoms with van der Waals surface area (Å²) in [6.45, 7) is 2.30. The molecule has 4 heteroatoms. The van der Waals surface area contributed by atoms with E-state index >= 15 is 0 Å². The number of carbonyl (C=O) groups is 1. The molecule has 0 saturated heterocycles. The molecular weight excluding hydrogens is 186 g/mol. The van der Waals surface area contributed by atoms with Crippen LogP contribution in [-0.2, 0) is 9.53 Å². The van der Waals surface area contributed by atoms with E-state index in [0.717, 1.165) is 12.1 Å². The van der Waals surface area contributed by atoms with Crippen LogP contribution in [0.3, 0.4) is 0 Å². The molecule has 1 saturated carbocycles. The molecule has 0 bridgehead atoms. The molecule has 0 aromatic carbocycles. The Bertz CT molecular complexity index is 297. The first-order valence-electron chi connectivity index (χ1n) is 4.37. The van der Waals surface area contributed by atoms with Crippen LogP contribution in [0.25, 0.3) is 0 Å². The first-order valence-corrected chi connectivity index (χ1v) is 5.32. The predicted octanol–water partition coefficient (Wildman–Crippen LogP) is 1.81. The number of esters is 1. The Morgan fingerprint density at radius 3 is 3.31 bits per heavy atom. The fraction of sp³-hybridized carbons (Fsp3) is 0.556.